The van der Waals surface area contributed by atoms with Crippen molar-refractivity contribution in [3.8, 4) is 0 Å². The third kappa shape index (κ3) is 2.84. The highest BCUT2D eigenvalue weighted by Gasteiger charge is 2.20. The van der Waals surface area contributed by atoms with E-state index >= 15 is 0 Å². The van der Waals surface area contributed by atoms with Gasteiger partial charge in [-0.2, -0.15) is 0 Å². The normalized spacial score (nSPS) is 17.5. The van der Waals surface area contributed by atoms with Gasteiger partial charge in [0.05, 0.1) is 11.7 Å². The van der Waals surface area contributed by atoms with Gasteiger partial charge in [0, 0.05) is 19.3 Å². The van der Waals surface area contributed by atoms with Gasteiger partial charge in [-0.05, 0) is 31.9 Å². The first-order chi connectivity index (χ1) is 8.18. The maximum absolute atomic E-state index is 12.5. The number of alkyl halides is 2. The van der Waals surface area contributed by atoms with E-state index in [1.807, 2.05) is 0 Å². The molecule has 1 fully saturated rings. The lowest BCUT2D eigenvalue weighted by molar-refractivity contribution is 0.131. The fourth-order valence-electron chi connectivity index (χ4n) is 2.00. The van der Waals surface area contributed by atoms with E-state index in [4.69, 9.17) is 0 Å². The van der Waals surface area contributed by atoms with Gasteiger partial charge < -0.3 is 10.2 Å². The summed E-state index contributed by atoms with van der Waals surface area (Å²) in [6, 6.07) is 2.71. The van der Waals surface area contributed by atoms with Crippen LogP contribution in [-0.4, -0.2) is 30.5 Å². The second-order valence-electron chi connectivity index (χ2n) is 4.34. The first-order valence-corrected chi connectivity index (χ1v) is 5.93. The highest BCUT2D eigenvalue weighted by Crippen LogP contribution is 2.27. The molecule has 1 aliphatic rings. The van der Waals surface area contributed by atoms with Crippen LogP contribution in [0.15, 0.2) is 18.3 Å². The third-order valence-corrected chi connectivity index (χ3v) is 2.95. The maximum atomic E-state index is 12.5. The molecule has 2 heterocycles. The smallest absolute Gasteiger partial charge is 0.258 e. The standard InChI is InChI=1S/C12H17F2N3/c1-9(11(13)14)16-10-5-4-6-15-12(10)17-7-2-3-8-17/h4-6,9,11,16H,2-3,7-8H2,1H3. The van der Waals surface area contributed by atoms with E-state index in [0.717, 1.165) is 31.7 Å². The van der Waals surface area contributed by atoms with E-state index in [-0.39, 0.29) is 0 Å². The van der Waals surface area contributed by atoms with Gasteiger partial charge in [0.25, 0.3) is 6.43 Å². The molecule has 0 spiro atoms. The van der Waals surface area contributed by atoms with E-state index in [2.05, 4.69) is 15.2 Å². The summed E-state index contributed by atoms with van der Waals surface area (Å²) in [6.45, 7) is 3.38. The Morgan fingerprint density at radius 1 is 1.35 bits per heavy atom. The number of hydrogen-bond acceptors (Lipinski definition) is 3. The van der Waals surface area contributed by atoms with Gasteiger partial charge in [0.1, 0.15) is 0 Å². The first-order valence-electron chi connectivity index (χ1n) is 5.93. The van der Waals surface area contributed by atoms with Gasteiger partial charge in [0.2, 0.25) is 0 Å². The van der Waals surface area contributed by atoms with Gasteiger partial charge >= 0.3 is 0 Å². The SMILES string of the molecule is CC(Nc1cccnc1N1CCCC1)C(F)F. The van der Waals surface area contributed by atoms with Gasteiger partial charge in [-0.1, -0.05) is 0 Å². The highest BCUT2D eigenvalue weighted by atomic mass is 19.3. The van der Waals surface area contributed by atoms with Gasteiger partial charge in [-0.25, -0.2) is 13.8 Å². The lowest BCUT2D eigenvalue weighted by Gasteiger charge is -2.22. The summed E-state index contributed by atoms with van der Waals surface area (Å²) in [5, 5.41) is 2.83. The Labute approximate surface area is 99.8 Å². The molecule has 5 heteroatoms. The molecule has 3 nitrogen and oxygen atoms in total. The summed E-state index contributed by atoms with van der Waals surface area (Å²) in [5.41, 5.74) is 0.696. The predicted molar refractivity (Wildman–Crippen MR) is 64.8 cm³/mol. The molecule has 1 aromatic rings. The number of anilines is 2. The van der Waals surface area contributed by atoms with Gasteiger partial charge in [-0.3, -0.25) is 0 Å². The number of rotatable bonds is 4. The average Bonchev–Trinajstić information content (AvgIpc) is 2.83. The van der Waals surface area contributed by atoms with E-state index in [1.54, 1.807) is 18.3 Å². The van der Waals surface area contributed by atoms with Crippen LogP contribution in [0.2, 0.25) is 0 Å². The quantitative estimate of drug-likeness (QED) is 0.878. The van der Waals surface area contributed by atoms with E-state index in [9.17, 15) is 8.78 Å². The Kier molecular flexibility index (Phi) is 3.76. The minimum atomic E-state index is -2.37. The minimum absolute atomic E-state index is 0.696. The molecule has 1 N–H and O–H groups in total. The number of hydrogen-bond donors (Lipinski definition) is 1. The fourth-order valence-corrected chi connectivity index (χ4v) is 2.00. The average molecular weight is 241 g/mol. The number of pyridine rings is 1. The molecule has 0 aliphatic carbocycles. The molecule has 2 rings (SSSR count). The molecule has 1 aliphatic heterocycles. The molecule has 1 aromatic heterocycles. The summed E-state index contributed by atoms with van der Waals surface area (Å²) < 4.78 is 25.1. The van der Waals surface area contributed by atoms with Crippen LogP contribution >= 0.6 is 0 Å². The molecule has 0 aromatic carbocycles. The summed E-state index contributed by atoms with van der Waals surface area (Å²) >= 11 is 0. The molecule has 1 saturated heterocycles. The second-order valence-corrected chi connectivity index (χ2v) is 4.34. The molecular weight excluding hydrogens is 224 g/mol. The van der Waals surface area contributed by atoms with Crippen LogP contribution in [0.5, 0.6) is 0 Å². The number of aromatic nitrogens is 1. The minimum Gasteiger partial charge on any atom is -0.374 e. The zero-order valence-corrected chi connectivity index (χ0v) is 9.87. The molecule has 17 heavy (non-hydrogen) atoms. The van der Waals surface area contributed by atoms with Crippen molar-refractivity contribution in [2.45, 2.75) is 32.2 Å². The Morgan fingerprint density at radius 3 is 2.71 bits per heavy atom. The van der Waals surface area contributed by atoms with Crippen molar-refractivity contribution in [3.63, 3.8) is 0 Å². The summed E-state index contributed by atoms with van der Waals surface area (Å²) in [6.07, 6.45) is 1.61. The van der Waals surface area contributed by atoms with Crippen LogP contribution in [0.1, 0.15) is 19.8 Å². The van der Waals surface area contributed by atoms with Gasteiger partial charge in [0.15, 0.2) is 5.82 Å². The van der Waals surface area contributed by atoms with Gasteiger partial charge in [-0.15, -0.1) is 0 Å². The van der Waals surface area contributed by atoms with Crippen LogP contribution in [0.4, 0.5) is 20.3 Å². The Bertz CT molecular complexity index is 365. The first kappa shape index (κ1) is 12.1. The monoisotopic (exact) mass is 241 g/mol. The maximum Gasteiger partial charge on any atom is 0.258 e. The molecule has 0 saturated carbocycles. The third-order valence-electron chi connectivity index (χ3n) is 2.95. The molecule has 0 radical (unpaired) electrons. The van der Waals surface area contributed by atoms with E-state index in [1.165, 1.54) is 6.92 Å². The zero-order chi connectivity index (χ0) is 12.3. The largest absolute Gasteiger partial charge is 0.374 e. The van der Waals surface area contributed by atoms with Crippen molar-refractivity contribution < 1.29 is 8.78 Å². The predicted octanol–water partition coefficient (Wildman–Crippen LogP) is 2.75. The van der Waals surface area contributed by atoms with Crippen LogP contribution in [-0.2, 0) is 0 Å². The van der Waals surface area contributed by atoms with E-state index < -0.39 is 12.5 Å². The Balaban J connectivity index is 2.15. The Morgan fingerprint density at radius 2 is 2.06 bits per heavy atom. The summed E-state index contributed by atoms with van der Waals surface area (Å²) in [5.74, 6) is 0.789. The molecule has 0 amide bonds. The number of nitrogens with zero attached hydrogens (tertiary/aromatic N) is 2. The van der Waals surface area contributed by atoms with Crippen molar-refractivity contribution in [2.75, 3.05) is 23.3 Å². The number of nitrogens with one attached hydrogen (secondary N) is 1. The number of halogens is 2. The summed E-state index contributed by atoms with van der Waals surface area (Å²) in [7, 11) is 0. The van der Waals surface area contributed by atoms with Crippen molar-refractivity contribution >= 4 is 11.5 Å². The van der Waals surface area contributed by atoms with Crippen molar-refractivity contribution in [3.05, 3.63) is 18.3 Å². The van der Waals surface area contributed by atoms with Crippen molar-refractivity contribution in [1.82, 2.24) is 4.98 Å². The molecule has 94 valence electrons. The topological polar surface area (TPSA) is 28.2 Å². The molecule has 1 unspecified atom stereocenters. The van der Waals surface area contributed by atoms with Crippen LogP contribution in [0, 0.1) is 0 Å². The second kappa shape index (κ2) is 5.29. The van der Waals surface area contributed by atoms with Crippen molar-refractivity contribution in [2.24, 2.45) is 0 Å². The van der Waals surface area contributed by atoms with Crippen molar-refractivity contribution in [1.29, 1.82) is 0 Å². The molecular formula is C12H17F2N3. The fraction of sp³-hybridized carbons (Fsp3) is 0.583. The zero-order valence-electron chi connectivity index (χ0n) is 9.87. The molecule has 1 atom stereocenters. The molecule has 0 bridgehead atoms. The lowest BCUT2D eigenvalue weighted by atomic mass is 10.3. The Hall–Kier alpha value is -1.39. The highest BCUT2D eigenvalue weighted by molar-refractivity contribution is 5.66. The lowest BCUT2D eigenvalue weighted by Crippen LogP contribution is -2.27. The van der Waals surface area contributed by atoms with Crippen LogP contribution in [0.3, 0.4) is 0 Å². The van der Waals surface area contributed by atoms with Crippen LogP contribution < -0.4 is 10.2 Å². The van der Waals surface area contributed by atoms with E-state index in [0.29, 0.717) is 5.69 Å². The van der Waals surface area contributed by atoms with Crippen LogP contribution in [0.25, 0.3) is 0 Å². The summed E-state index contributed by atoms with van der Waals surface area (Å²) in [4.78, 5) is 6.43.